The largest absolute Gasteiger partial charge is 0.368 e. The number of hydrogen-bond acceptors (Lipinski definition) is 3. The molecule has 0 atom stereocenters. The van der Waals surface area contributed by atoms with Gasteiger partial charge in [0.2, 0.25) is 0 Å². The van der Waals surface area contributed by atoms with Gasteiger partial charge in [0.15, 0.2) is 0 Å². The van der Waals surface area contributed by atoms with E-state index in [0.717, 1.165) is 51.3 Å². The summed E-state index contributed by atoms with van der Waals surface area (Å²) in [6.07, 6.45) is 1.84. The minimum Gasteiger partial charge on any atom is -0.368 e. The first kappa shape index (κ1) is 20.9. The molecule has 0 saturated carbocycles. The van der Waals surface area contributed by atoms with Crippen LogP contribution in [0.3, 0.4) is 0 Å². The number of carbonyl (C=O) groups is 1. The van der Waals surface area contributed by atoms with Gasteiger partial charge in [0.1, 0.15) is 5.82 Å². The molecule has 0 unspecified atom stereocenters. The fourth-order valence-electron chi connectivity index (χ4n) is 3.35. The summed E-state index contributed by atoms with van der Waals surface area (Å²) in [4.78, 5) is 16.6. The molecule has 2 aromatic rings. The van der Waals surface area contributed by atoms with E-state index in [1.54, 1.807) is 18.2 Å². The molecule has 0 spiro atoms. The zero-order valence-electron chi connectivity index (χ0n) is 15.6. The highest BCUT2D eigenvalue weighted by Gasteiger charge is 2.19. The van der Waals surface area contributed by atoms with Crippen LogP contribution in [0.25, 0.3) is 0 Å². The summed E-state index contributed by atoms with van der Waals surface area (Å²) < 4.78 is 13.6. The van der Waals surface area contributed by atoms with Crippen LogP contribution >= 0.6 is 23.2 Å². The van der Waals surface area contributed by atoms with Crippen molar-refractivity contribution < 1.29 is 9.18 Å². The van der Waals surface area contributed by atoms with Crippen LogP contribution in [0.4, 0.5) is 10.1 Å². The number of nitrogens with zero attached hydrogens (tertiary/aromatic N) is 2. The van der Waals surface area contributed by atoms with Gasteiger partial charge in [-0.1, -0.05) is 41.4 Å². The number of unbranched alkanes of at least 4 members (excludes halogenated alkanes) is 1. The Hall–Kier alpha value is -1.82. The lowest BCUT2D eigenvalue weighted by atomic mass is 10.2. The van der Waals surface area contributed by atoms with Gasteiger partial charge < -0.3 is 10.2 Å². The first-order valence-corrected chi connectivity index (χ1v) is 10.3. The molecular weight excluding hydrogens is 400 g/mol. The summed E-state index contributed by atoms with van der Waals surface area (Å²) in [5, 5.41) is 3.98. The number of benzene rings is 2. The van der Waals surface area contributed by atoms with E-state index < -0.39 is 5.82 Å². The van der Waals surface area contributed by atoms with Crippen molar-refractivity contribution in [3.05, 3.63) is 63.9 Å². The third-order valence-corrected chi connectivity index (χ3v) is 5.76. The lowest BCUT2D eigenvalue weighted by molar-refractivity contribution is 0.0948. The summed E-state index contributed by atoms with van der Waals surface area (Å²) in [6, 6.07) is 11.8. The first-order chi connectivity index (χ1) is 13.6. The van der Waals surface area contributed by atoms with E-state index in [9.17, 15) is 9.18 Å². The minimum atomic E-state index is -0.488. The van der Waals surface area contributed by atoms with E-state index in [-0.39, 0.29) is 11.5 Å². The average Bonchev–Trinajstić information content (AvgIpc) is 2.70. The van der Waals surface area contributed by atoms with Crippen LogP contribution in [-0.2, 0) is 0 Å². The van der Waals surface area contributed by atoms with Gasteiger partial charge in [-0.15, -0.1) is 0 Å². The summed E-state index contributed by atoms with van der Waals surface area (Å²) in [5.74, 6) is -0.845. The Labute approximate surface area is 175 Å². The maximum absolute atomic E-state index is 13.6. The maximum Gasteiger partial charge on any atom is 0.254 e. The number of amides is 1. The third-order valence-electron chi connectivity index (χ3n) is 4.95. The van der Waals surface area contributed by atoms with E-state index in [2.05, 4.69) is 15.1 Å². The number of anilines is 1. The van der Waals surface area contributed by atoms with Crippen molar-refractivity contribution in [1.82, 2.24) is 10.2 Å². The smallest absolute Gasteiger partial charge is 0.254 e. The van der Waals surface area contributed by atoms with Crippen molar-refractivity contribution in [2.75, 3.05) is 44.2 Å². The maximum atomic E-state index is 13.6. The quantitative estimate of drug-likeness (QED) is 0.667. The molecule has 0 bridgehead atoms. The average molecular weight is 424 g/mol. The molecule has 1 aliphatic rings. The minimum absolute atomic E-state index is 0.0956. The van der Waals surface area contributed by atoms with Crippen molar-refractivity contribution in [1.29, 1.82) is 0 Å². The molecule has 3 rings (SSSR count). The van der Waals surface area contributed by atoms with Crippen LogP contribution in [0, 0.1) is 5.82 Å². The topological polar surface area (TPSA) is 35.6 Å². The van der Waals surface area contributed by atoms with Crippen LogP contribution in [0.1, 0.15) is 23.2 Å². The SMILES string of the molecule is O=C(NCCCCN1CCN(c2cccc(Cl)c2Cl)CC1)c1ccccc1F. The lowest BCUT2D eigenvalue weighted by Gasteiger charge is -2.36. The summed E-state index contributed by atoms with van der Waals surface area (Å²) in [5.41, 5.74) is 1.09. The van der Waals surface area contributed by atoms with Crippen LogP contribution in [0.15, 0.2) is 42.5 Å². The molecule has 1 aliphatic heterocycles. The monoisotopic (exact) mass is 423 g/mol. The van der Waals surface area contributed by atoms with Crippen LogP contribution in [0.2, 0.25) is 10.0 Å². The molecule has 0 aromatic heterocycles. The van der Waals surface area contributed by atoms with E-state index in [4.69, 9.17) is 23.2 Å². The third kappa shape index (κ3) is 5.37. The Bertz CT molecular complexity index is 810. The summed E-state index contributed by atoms with van der Waals surface area (Å²) >= 11 is 12.4. The molecule has 1 N–H and O–H groups in total. The molecule has 150 valence electrons. The molecular formula is C21H24Cl2FN3O. The van der Waals surface area contributed by atoms with Gasteiger partial charge in [-0.2, -0.15) is 0 Å². The normalized spacial score (nSPS) is 14.9. The number of hydrogen-bond donors (Lipinski definition) is 1. The molecule has 1 amide bonds. The van der Waals surface area contributed by atoms with E-state index in [1.807, 2.05) is 12.1 Å². The molecule has 1 heterocycles. The van der Waals surface area contributed by atoms with Crippen LogP contribution in [0.5, 0.6) is 0 Å². The highest BCUT2D eigenvalue weighted by Crippen LogP contribution is 2.32. The zero-order chi connectivity index (χ0) is 19.9. The van der Waals surface area contributed by atoms with Crippen LogP contribution in [-0.4, -0.2) is 50.1 Å². The number of carbonyl (C=O) groups excluding carboxylic acids is 1. The molecule has 0 aliphatic carbocycles. The van der Waals surface area contributed by atoms with Gasteiger partial charge in [-0.25, -0.2) is 4.39 Å². The number of nitrogens with one attached hydrogen (secondary N) is 1. The van der Waals surface area contributed by atoms with Crippen LogP contribution < -0.4 is 10.2 Å². The second-order valence-electron chi connectivity index (χ2n) is 6.84. The van der Waals surface area contributed by atoms with Crippen molar-refractivity contribution in [3.8, 4) is 0 Å². The van der Waals surface area contributed by atoms with Gasteiger partial charge in [0.25, 0.3) is 5.91 Å². The molecule has 7 heteroatoms. The summed E-state index contributed by atoms with van der Waals surface area (Å²) in [7, 11) is 0. The highest BCUT2D eigenvalue weighted by atomic mass is 35.5. The Balaban J connectivity index is 1.34. The van der Waals surface area contributed by atoms with Gasteiger partial charge in [-0.05, 0) is 43.7 Å². The van der Waals surface area contributed by atoms with Gasteiger partial charge >= 0.3 is 0 Å². The Kier molecular flexibility index (Phi) is 7.54. The van der Waals surface area contributed by atoms with Gasteiger partial charge in [0, 0.05) is 32.7 Å². The Morgan fingerprint density at radius 2 is 1.75 bits per heavy atom. The van der Waals surface area contributed by atoms with E-state index in [1.165, 1.54) is 12.1 Å². The second-order valence-corrected chi connectivity index (χ2v) is 7.63. The molecule has 4 nitrogen and oxygen atoms in total. The molecule has 2 aromatic carbocycles. The Morgan fingerprint density at radius 1 is 1.00 bits per heavy atom. The van der Waals surface area contributed by atoms with Gasteiger partial charge in [-0.3, -0.25) is 9.69 Å². The first-order valence-electron chi connectivity index (χ1n) is 9.50. The van der Waals surface area contributed by atoms with Gasteiger partial charge in [0.05, 0.1) is 21.3 Å². The second kappa shape index (κ2) is 10.1. The van der Waals surface area contributed by atoms with Crippen molar-refractivity contribution in [2.24, 2.45) is 0 Å². The number of rotatable bonds is 7. The van der Waals surface area contributed by atoms with Crippen molar-refractivity contribution in [2.45, 2.75) is 12.8 Å². The molecule has 0 radical (unpaired) electrons. The summed E-state index contributed by atoms with van der Waals surface area (Å²) in [6.45, 7) is 5.26. The number of halogens is 3. The molecule has 28 heavy (non-hydrogen) atoms. The predicted octanol–water partition coefficient (Wildman–Crippen LogP) is 4.46. The number of piperazine rings is 1. The van der Waals surface area contributed by atoms with Crippen molar-refractivity contribution in [3.63, 3.8) is 0 Å². The lowest BCUT2D eigenvalue weighted by Crippen LogP contribution is -2.46. The fourth-order valence-corrected chi connectivity index (χ4v) is 3.77. The fraction of sp³-hybridized carbons (Fsp3) is 0.381. The standard InChI is InChI=1S/C21H24Cl2FN3O/c22-17-7-5-9-19(20(17)23)27-14-12-26(13-15-27)11-4-3-10-25-21(28)16-6-1-2-8-18(16)24/h1-2,5-9H,3-4,10-15H2,(H,25,28). The molecule has 1 fully saturated rings. The molecule has 1 saturated heterocycles. The predicted molar refractivity (Wildman–Crippen MR) is 113 cm³/mol. The van der Waals surface area contributed by atoms with Crippen molar-refractivity contribution >= 4 is 34.8 Å². The Morgan fingerprint density at radius 3 is 2.50 bits per heavy atom. The van der Waals surface area contributed by atoms with E-state index >= 15 is 0 Å². The zero-order valence-corrected chi connectivity index (χ0v) is 17.1. The highest BCUT2D eigenvalue weighted by molar-refractivity contribution is 6.43. The van der Waals surface area contributed by atoms with E-state index in [0.29, 0.717) is 16.6 Å².